The SMILES string of the molecule is CN=C(NCc1ccc2c(c1)CCCN2C)NCc1nc(C)c(C)s1. The highest BCUT2D eigenvalue weighted by atomic mass is 32.1. The number of aromatic nitrogens is 1. The molecule has 2 N–H and O–H groups in total. The van der Waals surface area contributed by atoms with E-state index in [4.69, 9.17) is 0 Å². The predicted molar refractivity (Wildman–Crippen MR) is 107 cm³/mol. The van der Waals surface area contributed by atoms with Crippen LogP contribution in [-0.4, -0.2) is 31.6 Å². The van der Waals surface area contributed by atoms with Crippen LogP contribution in [0.1, 0.15) is 33.1 Å². The quantitative estimate of drug-likeness (QED) is 0.652. The summed E-state index contributed by atoms with van der Waals surface area (Å²) in [6.45, 7) is 6.78. The molecule has 25 heavy (non-hydrogen) atoms. The van der Waals surface area contributed by atoms with Crippen molar-refractivity contribution in [3.63, 3.8) is 0 Å². The number of aryl methyl sites for hydroxylation is 3. The van der Waals surface area contributed by atoms with Crippen molar-refractivity contribution in [3.05, 3.63) is 44.9 Å². The molecular formula is C19H27N5S. The Morgan fingerprint density at radius 3 is 2.80 bits per heavy atom. The van der Waals surface area contributed by atoms with Crippen LogP contribution in [0.3, 0.4) is 0 Å². The molecule has 0 saturated heterocycles. The molecule has 0 saturated carbocycles. The second-order valence-corrected chi connectivity index (χ2v) is 7.80. The van der Waals surface area contributed by atoms with E-state index in [1.165, 1.54) is 34.5 Å². The second kappa shape index (κ2) is 7.87. The van der Waals surface area contributed by atoms with Crippen molar-refractivity contribution < 1.29 is 0 Å². The summed E-state index contributed by atoms with van der Waals surface area (Å²) in [5, 5.41) is 7.83. The number of hydrogen-bond acceptors (Lipinski definition) is 4. The molecule has 0 radical (unpaired) electrons. The molecule has 2 heterocycles. The van der Waals surface area contributed by atoms with Crippen molar-refractivity contribution in [2.75, 3.05) is 25.5 Å². The Balaban J connectivity index is 1.56. The zero-order valence-corrected chi connectivity index (χ0v) is 16.3. The third kappa shape index (κ3) is 4.31. The lowest BCUT2D eigenvalue weighted by Crippen LogP contribution is -2.36. The van der Waals surface area contributed by atoms with E-state index < -0.39 is 0 Å². The number of aliphatic imine (C=N–C) groups is 1. The number of rotatable bonds is 4. The van der Waals surface area contributed by atoms with Crippen LogP contribution in [-0.2, 0) is 19.5 Å². The van der Waals surface area contributed by atoms with Gasteiger partial charge in [0.2, 0.25) is 0 Å². The van der Waals surface area contributed by atoms with Gasteiger partial charge in [-0.1, -0.05) is 12.1 Å². The fraction of sp³-hybridized carbons (Fsp3) is 0.474. The fourth-order valence-electron chi connectivity index (χ4n) is 3.13. The van der Waals surface area contributed by atoms with Gasteiger partial charge in [-0.3, -0.25) is 4.99 Å². The monoisotopic (exact) mass is 357 g/mol. The highest BCUT2D eigenvalue weighted by Crippen LogP contribution is 2.26. The van der Waals surface area contributed by atoms with E-state index in [1.807, 2.05) is 0 Å². The van der Waals surface area contributed by atoms with Crippen molar-refractivity contribution >= 4 is 23.0 Å². The average molecular weight is 358 g/mol. The van der Waals surface area contributed by atoms with Crippen molar-refractivity contribution in [3.8, 4) is 0 Å². The maximum absolute atomic E-state index is 4.56. The number of nitrogens with zero attached hydrogens (tertiary/aromatic N) is 3. The van der Waals surface area contributed by atoms with Crippen LogP contribution in [0.5, 0.6) is 0 Å². The van der Waals surface area contributed by atoms with Crippen LogP contribution in [0, 0.1) is 13.8 Å². The number of hydrogen-bond donors (Lipinski definition) is 2. The molecule has 5 nitrogen and oxygen atoms in total. The lowest BCUT2D eigenvalue weighted by molar-refractivity contribution is 0.740. The smallest absolute Gasteiger partial charge is 0.191 e. The van der Waals surface area contributed by atoms with Gasteiger partial charge < -0.3 is 15.5 Å². The summed E-state index contributed by atoms with van der Waals surface area (Å²) in [6, 6.07) is 6.76. The molecule has 0 atom stereocenters. The molecule has 0 bridgehead atoms. The van der Waals surface area contributed by atoms with E-state index in [2.05, 4.69) is 64.6 Å². The molecule has 0 fully saturated rings. The Kier molecular flexibility index (Phi) is 5.58. The van der Waals surface area contributed by atoms with Gasteiger partial charge in [0, 0.05) is 37.7 Å². The van der Waals surface area contributed by atoms with Crippen molar-refractivity contribution in [1.29, 1.82) is 0 Å². The van der Waals surface area contributed by atoms with Gasteiger partial charge in [-0.2, -0.15) is 0 Å². The summed E-state index contributed by atoms with van der Waals surface area (Å²) in [5.74, 6) is 0.806. The summed E-state index contributed by atoms with van der Waals surface area (Å²) in [4.78, 5) is 12.5. The number of benzene rings is 1. The topological polar surface area (TPSA) is 52.6 Å². The second-order valence-electron chi connectivity index (χ2n) is 6.52. The molecule has 1 aromatic heterocycles. The first-order valence-electron chi connectivity index (χ1n) is 8.77. The zero-order chi connectivity index (χ0) is 17.8. The molecule has 1 aliphatic heterocycles. The van der Waals surface area contributed by atoms with Gasteiger partial charge in [0.1, 0.15) is 5.01 Å². The van der Waals surface area contributed by atoms with E-state index in [9.17, 15) is 0 Å². The maximum Gasteiger partial charge on any atom is 0.191 e. The molecular weight excluding hydrogens is 330 g/mol. The average Bonchev–Trinajstić information content (AvgIpc) is 2.93. The van der Waals surface area contributed by atoms with Crippen LogP contribution in [0.15, 0.2) is 23.2 Å². The van der Waals surface area contributed by atoms with Crippen LogP contribution < -0.4 is 15.5 Å². The standard InChI is InChI=1S/C19H27N5S/c1-13-14(2)25-18(23-13)12-22-19(20-3)21-11-15-7-8-17-16(10-15)6-5-9-24(17)4/h7-8,10H,5-6,9,11-12H2,1-4H3,(H2,20,21,22). The molecule has 0 amide bonds. The number of nitrogens with one attached hydrogen (secondary N) is 2. The van der Waals surface area contributed by atoms with Gasteiger partial charge in [-0.25, -0.2) is 4.98 Å². The summed E-state index contributed by atoms with van der Waals surface area (Å²) in [7, 11) is 3.97. The highest BCUT2D eigenvalue weighted by Gasteiger charge is 2.13. The Labute approximate surface area is 154 Å². The molecule has 2 aromatic rings. The minimum atomic E-state index is 0.702. The number of fused-ring (bicyclic) bond motifs is 1. The molecule has 6 heteroatoms. The van der Waals surface area contributed by atoms with E-state index in [1.54, 1.807) is 18.4 Å². The molecule has 0 aliphatic carbocycles. The maximum atomic E-state index is 4.56. The van der Waals surface area contributed by atoms with Crippen molar-refractivity contribution in [2.45, 2.75) is 39.8 Å². The number of thiazole rings is 1. The van der Waals surface area contributed by atoms with Gasteiger partial charge in [-0.15, -0.1) is 11.3 Å². The summed E-state index contributed by atoms with van der Waals surface area (Å²) >= 11 is 1.74. The molecule has 0 spiro atoms. The summed E-state index contributed by atoms with van der Waals surface area (Å²) in [6.07, 6.45) is 2.40. The molecule has 1 aromatic carbocycles. The van der Waals surface area contributed by atoms with Crippen LogP contribution in [0.25, 0.3) is 0 Å². The Morgan fingerprint density at radius 2 is 2.08 bits per heavy atom. The van der Waals surface area contributed by atoms with E-state index >= 15 is 0 Å². The zero-order valence-electron chi connectivity index (χ0n) is 15.5. The first-order chi connectivity index (χ1) is 12.1. The molecule has 1 aliphatic rings. The lowest BCUT2D eigenvalue weighted by atomic mass is 9.99. The first kappa shape index (κ1) is 17.7. The fourth-order valence-corrected chi connectivity index (χ4v) is 4.00. The van der Waals surface area contributed by atoms with Crippen molar-refractivity contribution in [1.82, 2.24) is 15.6 Å². The summed E-state index contributed by atoms with van der Waals surface area (Å²) in [5.41, 5.74) is 5.22. The molecule has 3 rings (SSSR count). The largest absolute Gasteiger partial charge is 0.374 e. The van der Waals surface area contributed by atoms with Crippen LogP contribution >= 0.6 is 11.3 Å². The highest BCUT2D eigenvalue weighted by molar-refractivity contribution is 7.11. The van der Waals surface area contributed by atoms with Gasteiger partial charge in [0.25, 0.3) is 0 Å². The predicted octanol–water partition coefficient (Wildman–Crippen LogP) is 3.01. The number of guanidine groups is 1. The van der Waals surface area contributed by atoms with Gasteiger partial charge in [0.05, 0.1) is 12.2 Å². The first-order valence-corrected chi connectivity index (χ1v) is 9.59. The van der Waals surface area contributed by atoms with Crippen LogP contribution in [0.2, 0.25) is 0 Å². The Hall–Kier alpha value is -2.08. The Morgan fingerprint density at radius 1 is 1.28 bits per heavy atom. The third-order valence-corrected chi connectivity index (χ3v) is 5.73. The van der Waals surface area contributed by atoms with Gasteiger partial charge in [-0.05, 0) is 43.9 Å². The molecule has 134 valence electrons. The lowest BCUT2D eigenvalue weighted by Gasteiger charge is -2.28. The van der Waals surface area contributed by atoms with E-state index in [0.717, 1.165) is 29.8 Å². The molecule has 0 unspecified atom stereocenters. The third-order valence-electron chi connectivity index (χ3n) is 4.66. The van der Waals surface area contributed by atoms with E-state index in [-0.39, 0.29) is 0 Å². The minimum absolute atomic E-state index is 0.702. The van der Waals surface area contributed by atoms with Crippen molar-refractivity contribution in [2.24, 2.45) is 4.99 Å². The summed E-state index contributed by atoms with van der Waals surface area (Å²) < 4.78 is 0. The van der Waals surface area contributed by atoms with Crippen LogP contribution in [0.4, 0.5) is 5.69 Å². The van der Waals surface area contributed by atoms with Gasteiger partial charge in [0.15, 0.2) is 5.96 Å². The Bertz CT molecular complexity index is 746. The van der Waals surface area contributed by atoms with E-state index in [0.29, 0.717) is 6.54 Å². The van der Waals surface area contributed by atoms with Gasteiger partial charge >= 0.3 is 0 Å². The minimum Gasteiger partial charge on any atom is -0.374 e. The number of anilines is 1. The normalized spacial score (nSPS) is 14.4.